The molecule has 0 bridgehead atoms. The molecule has 0 amide bonds. The van der Waals surface area contributed by atoms with Crippen molar-refractivity contribution in [3.63, 3.8) is 0 Å². The lowest BCUT2D eigenvalue weighted by Gasteiger charge is -2.11. The number of carbonyl (C=O) groups excluding carboxylic acids is 1. The molecule has 2 aromatic carbocycles. The quantitative estimate of drug-likeness (QED) is 0.678. The molecule has 1 aliphatic rings. The molecule has 0 aliphatic carbocycles. The number of nitrogens with one attached hydrogen (secondary N) is 3. The number of anilines is 1. The highest BCUT2D eigenvalue weighted by molar-refractivity contribution is 6.39. The van der Waals surface area contributed by atoms with Crippen LogP contribution in [0.5, 0.6) is 0 Å². The van der Waals surface area contributed by atoms with E-state index in [4.69, 9.17) is 23.2 Å². The van der Waals surface area contributed by atoms with Crippen LogP contribution >= 0.6 is 23.2 Å². The van der Waals surface area contributed by atoms with Gasteiger partial charge in [0.05, 0.1) is 22.7 Å². The monoisotopic (exact) mass is 392 g/mol. The molecule has 6 nitrogen and oxygen atoms in total. The minimum absolute atomic E-state index is 0.355. The molecule has 8 heteroatoms. The Labute approximate surface area is 161 Å². The van der Waals surface area contributed by atoms with Crippen molar-refractivity contribution >= 4 is 46.5 Å². The number of esters is 1. The summed E-state index contributed by atoms with van der Waals surface area (Å²) in [7, 11) is 1.36. The van der Waals surface area contributed by atoms with Gasteiger partial charge in [0.25, 0.3) is 0 Å². The molecule has 3 N–H and O–H groups in total. The van der Waals surface area contributed by atoms with Gasteiger partial charge in [-0.2, -0.15) is 0 Å². The van der Waals surface area contributed by atoms with Crippen LogP contribution in [0.2, 0.25) is 10.0 Å². The third-order valence-corrected chi connectivity index (χ3v) is 4.40. The first-order valence-corrected chi connectivity index (χ1v) is 8.79. The topological polar surface area (TPSA) is 74.8 Å². The van der Waals surface area contributed by atoms with Gasteiger partial charge in [-0.3, -0.25) is 0 Å². The Morgan fingerprint density at radius 1 is 1.15 bits per heavy atom. The molecule has 1 aliphatic heterocycles. The van der Waals surface area contributed by atoms with Crippen molar-refractivity contribution in [2.75, 3.05) is 25.5 Å². The smallest absolute Gasteiger partial charge is 0.337 e. The van der Waals surface area contributed by atoms with Crippen LogP contribution in [-0.2, 0) is 11.3 Å². The van der Waals surface area contributed by atoms with Crippen molar-refractivity contribution < 1.29 is 9.53 Å². The molecular weight excluding hydrogens is 375 g/mol. The average Bonchev–Trinajstić information content (AvgIpc) is 3.16. The van der Waals surface area contributed by atoms with Gasteiger partial charge in [-0.15, -0.1) is 0 Å². The van der Waals surface area contributed by atoms with E-state index in [1.807, 2.05) is 12.1 Å². The number of benzene rings is 2. The van der Waals surface area contributed by atoms with Crippen LogP contribution < -0.4 is 16.0 Å². The van der Waals surface area contributed by atoms with Crippen LogP contribution in [0, 0.1) is 0 Å². The number of ether oxygens (including phenoxy) is 1. The van der Waals surface area contributed by atoms with Gasteiger partial charge in [0.15, 0.2) is 5.96 Å². The van der Waals surface area contributed by atoms with Crippen LogP contribution in [0.3, 0.4) is 0 Å². The highest BCUT2D eigenvalue weighted by Gasteiger charge is 2.12. The molecule has 26 heavy (non-hydrogen) atoms. The normalized spacial score (nSPS) is 13.0. The molecule has 0 unspecified atom stereocenters. The van der Waals surface area contributed by atoms with Crippen molar-refractivity contribution in [1.82, 2.24) is 10.6 Å². The number of methoxy groups -OCH3 is 1. The van der Waals surface area contributed by atoms with Gasteiger partial charge in [-0.1, -0.05) is 35.3 Å². The summed E-state index contributed by atoms with van der Waals surface area (Å²) in [5.41, 5.74) is 2.83. The lowest BCUT2D eigenvalue weighted by molar-refractivity contribution is 0.0600. The first-order valence-electron chi connectivity index (χ1n) is 8.03. The standard InChI is InChI=1S/C18H18Cl2N4O2/c1-26-17(25)12-4-2-11(3-5-12)10-23-13-8-14(19)16(15(20)9-13)24-18-21-6-7-22-18/h2-5,8-9,23H,6-7,10H2,1H3,(H2,21,22,24). The molecule has 1 saturated heterocycles. The number of guanidine groups is 1. The van der Waals surface area contributed by atoms with E-state index in [0.29, 0.717) is 33.8 Å². The fourth-order valence-electron chi connectivity index (χ4n) is 2.47. The minimum Gasteiger partial charge on any atom is -0.465 e. The second kappa shape index (κ2) is 8.29. The summed E-state index contributed by atoms with van der Waals surface area (Å²) in [6.45, 7) is 2.20. The lowest BCUT2D eigenvalue weighted by Crippen LogP contribution is -2.23. The SMILES string of the molecule is COC(=O)c1ccc(CNc2cc(Cl)c(N=C3NCCN3)c(Cl)c2)cc1. The molecule has 1 heterocycles. The summed E-state index contributed by atoms with van der Waals surface area (Å²) in [5.74, 6) is 0.312. The van der Waals surface area contributed by atoms with E-state index in [2.05, 4.69) is 25.7 Å². The zero-order valence-electron chi connectivity index (χ0n) is 14.1. The fraction of sp³-hybridized carbons (Fsp3) is 0.222. The maximum absolute atomic E-state index is 11.4. The van der Waals surface area contributed by atoms with E-state index >= 15 is 0 Å². The molecule has 0 atom stereocenters. The molecule has 0 aromatic heterocycles. The predicted octanol–water partition coefficient (Wildman–Crippen LogP) is 3.57. The summed E-state index contributed by atoms with van der Waals surface area (Å²) >= 11 is 12.7. The molecule has 0 saturated carbocycles. The molecule has 1 fully saturated rings. The van der Waals surface area contributed by atoms with Crippen molar-refractivity contribution in [3.8, 4) is 0 Å². The molecule has 0 radical (unpaired) electrons. The van der Waals surface area contributed by atoms with E-state index in [-0.39, 0.29) is 5.97 Å². The Bertz CT molecular complexity index is 807. The van der Waals surface area contributed by atoms with E-state index in [1.165, 1.54) is 7.11 Å². The Morgan fingerprint density at radius 2 is 1.77 bits per heavy atom. The summed E-state index contributed by atoms with van der Waals surface area (Å²) in [4.78, 5) is 15.9. The number of nitrogens with zero attached hydrogens (tertiary/aromatic N) is 1. The van der Waals surface area contributed by atoms with Crippen molar-refractivity contribution in [2.45, 2.75) is 6.54 Å². The number of carbonyl (C=O) groups is 1. The van der Waals surface area contributed by atoms with Crippen LogP contribution in [0.15, 0.2) is 41.4 Å². The van der Waals surface area contributed by atoms with Crippen molar-refractivity contribution in [1.29, 1.82) is 0 Å². The molecule has 2 aromatic rings. The number of aliphatic imine (C=N–C) groups is 1. The highest BCUT2D eigenvalue weighted by atomic mass is 35.5. The van der Waals surface area contributed by atoms with Crippen LogP contribution in [0.25, 0.3) is 0 Å². The molecule has 136 valence electrons. The highest BCUT2D eigenvalue weighted by Crippen LogP contribution is 2.36. The Hall–Kier alpha value is -2.44. The predicted molar refractivity (Wildman–Crippen MR) is 105 cm³/mol. The van der Waals surface area contributed by atoms with E-state index < -0.39 is 0 Å². The van der Waals surface area contributed by atoms with Gasteiger partial charge in [0, 0.05) is 25.3 Å². The largest absolute Gasteiger partial charge is 0.465 e. The molecule has 3 rings (SSSR count). The average molecular weight is 393 g/mol. The summed E-state index contributed by atoms with van der Waals surface area (Å²) < 4.78 is 4.69. The van der Waals surface area contributed by atoms with Crippen molar-refractivity contribution in [3.05, 3.63) is 57.6 Å². The van der Waals surface area contributed by atoms with Crippen molar-refractivity contribution in [2.24, 2.45) is 4.99 Å². The third-order valence-electron chi connectivity index (χ3n) is 3.82. The number of rotatable bonds is 5. The lowest BCUT2D eigenvalue weighted by atomic mass is 10.1. The fourth-order valence-corrected chi connectivity index (χ4v) is 3.04. The number of hydrogen-bond donors (Lipinski definition) is 3. The third kappa shape index (κ3) is 4.39. The van der Waals surface area contributed by atoms with Gasteiger partial charge < -0.3 is 20.7 Å². The van der Waals surface area contributed by atoms with Gasteiger partial charge in [0.2, 0.25) is 0 Å². The number of hydrogen-bond acceptors (Lipinski definition) is 4. The summed E-state index contributed by atoms with van der Waals surface area (Å²) in [5, 5.41) is 10.4. The van der Waals surface area contributed by atoms with Gasteiger partial charge >= 0.3 is 5.97 Å². The second-order valence-corrected chi connectivity index (χ2v) is 6.46. The van der Waals surface area contributed by atoms with E-state index in [0.717, 1.165) is 24.3 Å². The van der Waals surface area contributed by atoms with Crippen LogP contribution in [0.4, 0.5) is 11.4 Å². The van der Waals surface area contributed by atoms with Gasteiger partial charge in [-0.25, -0.2) is 9.79 Å². The summed E-state index contributed by atoms with van der Waals surface area (Å²) in [6.07, 6.45) is 0. The molecule has 0 spiro atoms. The first kappa shape index (κ1) is 18.4. The van der Waals surface area contributed by atoms with Gasteiger partial charge in [0.1, 0.15) is 5.69 Å². The Morgan fingerprint density at radius 3 is 2.35 bits per heavy atom. The zero-order valence-corrected chi connectivity index (χ0v) is 15.6. The number of halogens is 2. The van der Waals surface area contributed by atoms with Gasteiger partial charge in [-0.05, 0) is 29.8 Å². The van der Waals surface area contributed by atoms with Crippen LogP contribution in [0.1, 0.15) is 15.9 Å². The minimum atomic E-state index is -0.355. The molecular formula is C18H18Cl2N4O2. The summed E-state index contributed by atoms with van der Waals surface area (Å²) in [6, 6.07) is 10.7. The Kier molecular flexibility index (Phi) is 5.85. The maximum Gasteiger partial charge on any atom is 0.337 e. The maximum atomic E-state index is 11.4. The van der Waals surface area contributed by atoms with Crippen LogP contribution in [-0.4, -0.2) is 32.1 Å². The Balaban J connectivity index is 1.68. The zero-order chi connectivity index (χ0) is 18.5. The first-order chi connectivity index (χ1) is 12.6. The van der Waals surface area contributed by atoms with E-state index in [9.17, 15) is 4.79 Å². The van der Waals surface area contributed by atoms with E-state index in [1.54, 1.807) is 24.3 Å². The second-order valence-electron chi connectivity index (χ2n) is 5.64.